The number of nitrogens with zero attached hydrogens (tertiary/aromatic N) is 2. The molecule has 0 bridgehead atoms. The van der Waals surface area contributed by atoms with Gasteiger partial charge < -0.3 is 10.1 Å². The number of amides is 2. The van der Waals surface area contributed by atoms with Crippen molar-refractivity contribution in [2.24, 2.45) is 4.99 Å². The van der Waals surface area contributed by atoms with E-state index in [0.717, 1.165) is 22.0 Å². The van der Waals surface area contributed by atoms with Crippen LogP contribution in [0.1, 0.15) is 12.0 Å². The molecule has 1 heterocycles. The maximum Gasteiger partial charge on any atom is 0.242 e. The summed E-state index contributed by atoms with van der Waals surface area (Å²) in [6, 6.07) is 21.6. The Morgan fingerprint density at radius 3 is 2.59 bits per heavy atom. The molecule has 2 amide bonds. The molecule has 7 heteroatoms. The summed E-state index contributed by atoms with van der Waals surface area (Å²) in [7, 11) is 1.60. The highest BCUT2D eigenvalue weighted by atomic mass is 32.2. The molecule has 1 saturated heterocycles. The molecule has 164 valence electrons. The number of carbonyl (C=O) groups excluding carboxylic acids is 2. The number of amidine groups is 1. The van der Waals surface area contributed by atoms with Gasteiger partial charge in [0, 0.05) is 19.2 Å². The van der Waals surface area contributed by atoms with Gasteiger partial charge in [0.2, 0.25) is 11.8 Å². The molecule has 1 fully saturated rings. The van der Waals surface area contributed by atoms with Gasteiger partial charge in [-0.1, -0.05) is 59.8 Å². The van der Waals surface area contributed by atoms with E-state index in [1.165, 1.54) is 11.8 Å². The first-order valence-corrected chi connectivity index (χ1v) is 11.3. The van der Waals surface area contributed by atoms with E-state index in [4.69, 9.17) is 4.74 Å². The lowest BCUT2D eigenvalue weighted by Gasteiger charge is -2.15. The topological polar surface area (TPSA) is 71.0 Å². The number of aliphatic imine (C=N–C) groups is 1. The first-order valence-electron chi connectivity index (χ1n) is 10.4. The van der Waals surface area contributed by atoms with Crippen LogP contribution in [0.15, 0.2) is 71.7 Å². The van der Waals surface area contributed by atoms with Crippen LogP contribution in [0.4, 0.5) is 11.4 Å². The minimum Gasteiger partial charge on any atom is -0.383 e. The SMILES string of the molecule is COCCN1C(=O)C(CC(=O)Nc2ccc3ccccc3c2)SC1=Nc1ccc(C)cc1. The van der Waals surface area contributed by atoms with Crippen molar-refractivity contribution in [3.63, 3.8) is 0 Å². The summed E-state index contributed by atoms with van der Waals surface area (Å²) >= 11 is 1.33. The van der Waals surface area contributed by atoms with Gasteiger partial charge in [-0.3, -0.25) is 14.5 Å². The molecule has 1 atom stereocenters. The summed E-state index contributed by atoms with van der Waals surface area (Å²) < 4.78 is 5.16. The van der Waals surface area contributed by atoms with Crippen LogP contribution in [-0.2, 0) is 14.3 Å². The van der Waals surface area contributed by atoms with E-state index in [-0.39, 0.29) is 18.2 Å². The zero-order valence-electron chi connectivity index (χ0n) is 18.1. The smallest absolute Gasteiger partial charge is 0.242 e. The standard InChI is InChI=1S/C25H25N3O3S/c1-17-7-10-20(11-8-17)27-25-28(13-14-31-2)24(30)22(32-25)16-23(29)26-21-12-9-18-5-3-4-6-19(18)15-21/h3-12,15,22H,13-14,16H2,1-2H3,(H,26,29). The summed E-state index contributed by atoms with van der Waals surface area (Å²) in [6.07, 6.45) is 0.0761. The Labute approximate surface area is 191 Å². The Hall–Kier alpha value is -3.16. The van der Waals surface area contributed by atoms with Crippen LogP contribution in [0.3, 0.4) is 0 Å². The molecule has 1 unspecified atom stereocenters. The van der Waals surface area contributed by atoms with E-state index in [2.05, 4.69) is 10.3 Å². The Kier molecular flexibility index (Phi) is 6.87. The Balaban J connectivity index is 1.47. The molecule has 3 aromatic carbocycles. The first-order chi connectivity index (χ1) is 15.5. The summed E-state index contributed by atoms with van der Waals surface area (Å²) in [5, 5.41) is 5.16. The second-order valence-electron chi connectivity index (χ2n) is 7.63. The number of thioether (sulfide) groups is 1. The zero-order chi connectivity index (χ0) is 22.5. The number of anilines is 1. The van der Waals surface area contributed by atoms with Crippen molar-refractivity contribution in [1.82, 2.24) is 4.90 Å². The minimum atomic E-state index is -0.517. The maximum atomic E-state index is 13.0. The molecule has 1 aliphatic rings. The average Bonchev–Trinajstić information content (AvgIpc) is 3.07. The maximum absolute atomic E-state index is 13.0. The quantitative estimate of drug-likeness (QED) is 0.567. The highest BCUT2D eigenvalue weighted by molar-refractivity contribution is 8.15. The lowest BCUT2D eigenvalue weighted by atomic mass is 10.1. The second-order valence-corrected chi connectivity index (χ2v) is 8.80. The molecule has 0 spiro atoms. The molecule has 6 nitrogen and oxygen atoms in total. The monoisotopic (exact) mass is 447 g/mol. The van der Waals surface area contributed by atoms with Crippen LogP contribution < -0.4 is 5.32 Å². The second kappa shape index (κ2) is 9.97. The van der Waals surface area contributed by atoms with Crippen LogP contribution in [0.2, 0.25) is 0 Å². The molecule has 1 aliphatic heterocycles. The summed E-state index contributed by atoms with van der Waals surface area (Å²) in [4.78, 5) is 32.0. The third kappa shape index (κ3) is 5.18. The van der Waals surface area contributed by atoms with Crippen molar-refractivity contribution in [3.05, 3.63) is 72.3 Å². The van der Waals surface area contributed by atoms with Crippen molar-refractivity contribution in [1.29, 1.82) is 0 Å². The van der Waals surface area contributed by atoms with Gasteiger partial charge in [-0.25, -0.2) is 4.99 Å². The van der Waals surface area contributed by atoms with Gasteiger partial charge in [0.15, 0.2) is 5.17 Å². The molecule has 32 heavy (non-hydrogen) atoms. The van der Waals surface area contributed by atoms with Gasteiger partial charge in [0.25, 0.3) is 0 Å². The number of ether oxygens (including phenoxy) is 1. The van der Waals surface area contributed by atoms with Crippen molar-refractivity contribution >= 4 is 50.9 Å². The highest BCUT2D eigenvalue weighted by Gasteiger charge is 2.39. The van der Waals surface area contributed by atoms with Gasteiger partial charge in [-0.2, -0.15) is 0 Å². The molecular weight excluding hydrogens is 422 g/mol. The summed E-state index contributed by atoms with van der Waals surface area (Å²) in [5.41, 5.74) is 2.63. The number of methoxy groups -OCH3 is 1. The Morgan fingerprint density at radius 1 is 1.09 bits per heavy atom. The fraction of sp³-hybridized carbons (Fsp3) is 0.240. The molecule has 0 radical (unpaired) electrons. The van der Waals surface area contributed by atoms with Gasteiger partial charge in [-0.05, 0) is 42.0 Å². The lowest BCUT2D eigenvalue weighted by Crippen LogP contribution is -2.35. The predicted octanol–water partition coefficient (Wildman–Crippen LogP) is 4.75. The van der Waals surface area contributed by atoms with Crippen molar-refractivity contribution in [2.75, 3.05) is 25.6 Å². The largest absolute Gasteiger partial charge is 0.383 e. The average molecular weight is 448 g/mol. The highest BCUT2D eigenvalue weighted by Crippen LogP contribution is 2.32. The number of benzene rings is 3. The number of hydrogen-bond acceptors (Lipinski definition) is 5. The van der Waals surface area contributed by atoms with E-state index in [9.17, 15) is 9.59 Å². The Bertz CT molecular complexity index is 1160. The molecule has 3 aromatic rings. The van der Waals surface area contributed by atoms with Crippen LogP contribution >= 0.6 is 11.8 Å². The van der Waals surface area contributed by atoms with E-state index in [1.807, 2.05) is 73.7 Å². The first kappa shape index (κ1) is 22.0. The van der Waals surface area contributed by atoms with Crippen LogP contribution in [-0.4, -0.2) is 47.4 Å². The molecule has 0 aromatic heterocycles. The number of hydrogen-bond donors (Lipinski definition) is 1. The third-order valence-corrected chi connectivity index (χ3v) is 6.38. The Morgan fingerprint density at radius 2 is 1.84 bits per heavy atom. The van der Waals surface area contributed by atoms with E-state index >= 15 is 0 Å². The van der Waals surface area contributed by atoms with Crippen LogP contribution in [0.5, 0.6) is 0 Å². The van der Waals surface area contributed by atoms with Crippen molar-refractivity contribution in [3.8, 4) is 0 Å². The molecule has 4 rings (SSSR count). The number of carbonyl (C=O) groups is 2. The number of aryl methyl sites for hydroxylation is 1. The van der Waals surface area contributed by atoms with Crippen molar-refractivity contribution in [2.45, 2.75) is 18.6 Å². The number of fused-ring (bicyclic) bond motifs is 1. The minimum absolute atomic E-state index is 0.0761. The lowest BCUT2D eigenvalue weighted by molar-refractivity contribution is -0.128. The summed E-state index contributed by atoms with van der Waals surface area (Å²) in [5.74, 6) is -0.319. The van der Waals surface area contributed by atoms with Gasteiger partial charge in [0.05, 0.1) is 18.8 Å². The summed E-state index contributed by atoms with van der Waals surface area (Å²) in [6.45, 7) is 2.81. The van der Waals surface area contributed by atoms with Gasteiger partial charge in [-0.15, -0.1) is 0 Å². The zero-order valence-corrected chi connectivity index (χ0v) is 18.9. The number of nitrogens with one attached hydrogen (secondary N) is 1. The van der Waals surface area contributed by atoms with Gasteiger partial charge >= 0.3 is 0 Å². The van der Waals surface area contributed by atoms with E-state index in [1.54, 1.807) is 12.0 Å². The number of rotatable bonds is 7. The van der Waals surface area contributed by atoms with E-state index in [0.29, 0.717) is 24.0 Å². The fourth-order valence-corrected chi connectivity index (χ4v) is 4.67. The molecular formula is C25H25N3O3S. The van der Waals surface area contributed by atoms with E-state index < -0.39 is 5.25 Å². The van der Waals surface area contributed by atoms with Crippen LogP contribution in [0.25, 0.3) is 10.8 Å². The predicted molar refractivity (Wildman–Crippen MR) is 130 cm³/mol. The normalized spacial score (nSPS) is 17.3. The third-order valence-electron chi connectivity index (χ3n) is 5.20. The molecule has 0 saturated carbocycles. The fourth-order valence-electron chi connectivity index (χ4n) is 3.49. The van der Waals surface area contributed by atoms with Crippen molar-refractivity contribution < 1.29 is 14.3 Å². The van der Waals surface area contributed by atoms with Gasteiger partial charge in [0.1, 0.15) is 5.25 Å². The molecule has 0 aliphatic carbocycles. The molecule has 1 N–H and O–H groups in total. The van der Waals surface area contributed by atoms with Crippen LogP contribution in [0, 0.1) is 6.92 Å².